The second-order valence-corrected chi connectivity index (χ2v) is 6.90. The average molecular weight is 340 g/mol. The van der Waals surface area contributed by atoms with E-state index in [1.807, 2.05) is 6.08 Å². The Bertz CT molecular complexity index is 374. The molecule has 23 heavy (non-hydrogen) atoms. The molecule has 0 bridgehead atoms. The van der Waals surface area contributed by atoms with E-state index in [0.29, 0.717) is 18.7 Å². The van der Waals surface area contributed by atoms with Gasteiger partial charge in [-0.25, -0.2) is 0 Å². The van der Waals surface area contributed by atoms with Gasteiger partial charge in [-0.3, -0.25) is 9.59 Å². The Morgan fingerprint density at radius 3 is 2.30 bits per heavy atom. The number of thioether (sulfide) groups is 1. The maximum atomic E-state index is 11.5. The van der Waals surface area contributed by atoms with Crippen molar-refractivity contribution >= 4 is 22.8 Å². The summed E-state index contributed by atoms with van der Waals surface area (Å²) in [7, 11) is 0. The summed E-state index contributed by atoms with van der Waals surface area (Å²) >= 11 is 1.26. The number of nitrogens with one attached hydrogen (secondary N) is 1. The Morgan fingerprint density at radius 1 is 1.00 bits per heavy atom. The van der Waals surface area contributed by atoms with Crippen LogP contribution in [0.1, 0.15) is 78.1 Å². The second kappa shape index (κ2) is 17.4. The van der Waals surface area contributed by atoms with Crippen LogP contribution in [0.3, 0.4) is 0 Å². The van der Waals surface area contributed by atoms with Crippen LogP contribution in [0.15, 0.2) is 17.9 Å². The molecule has 0 unspecified atom stereocenters. The molecule has 1 N–H and O–H groups in total. The molecule has 0 aliphatic carbocycles. The third-order valence-electron chi connectivity index (χ3n) is 3.45. The molecule has 4 heteroatoms. The number of amides is 1. The summed E-state index contributed by atoms with van der Waals surface area (Å²) in [4.78, 5) is 22.2. The number of unbranched alkanes of at least 4 members (excludes halogenated alkanes) is 8. The number of hydrogen-bond donors (Lipinski definition) is 1. The van der Waals surface area contributed by atoms with Gasteiger partial charge in [0.1, 0.15) is 0 Å². The lowest BCUT2D eigenvalue weighted by molar-refractivity contribution is -0.118. The van der Waals surface area contributed by atoms with Crippen LogP contribution in [-0.2, 0) is 9.59 Å². The van der Waals surface area contributed by atoms with Gasteiger partial charge in [-0.15, -0.1) is 5.73 Å². The minimum atomic E-state index is -0.0539. The molecule has 0 rings (SSSR count). The Hall–Kier alpha value is -0.990. The first kappa shape index (κ1) is 22.0. The van der Waals surface area contributed by atoms with Crippen LogP contribution in [0, 0.1) is 0 Å². The first-order chi connectivity index (χ1) is 11.2. The smallest absolute Gasteiger partial charge is 0.216 e. The van der Waals surface area contributed by atoms with Crippen molar-refractivity contribution in [1.82, 2.24) is 5.32 Å². The van der Waals surface area contributed by atoms with Crippen LogP contribution in [0.5, 0.6) is 0 Å². The van der Waals surface area contributed by atoms with E-state index < -0.39 is 0 Å². The lowest BCUT2D eigenvalue weighted by atomic mass is 10.1. The summed E-state index contributed by atoms with van der Waals surface area (Å²) in [5.74, 6) is 0.579. The molecular weight excluding hydrogens is 306 g/mol. The number of hydrogen-bond acceptors (Lipinski definition) is 3. The zero-order chi connectivity index (χ0) is 17.2. The summed E-state index contributed by atoms with van der Waals surface area (Å²) in [6, 6.07) is 0. The largest absolute Gasteiger partial charge is 0.356 e. The van der Waals surface area contributed by atoms with Gasteiger partial charge < -0.3 is 5.32 Å². The molecule has 0 aliphatic heterocycles. The third kappa shape index (κ3) is 19.0. The maximum Gasteiger partial charge on any atom is 0.216 e. The Kier molecular flexibility index (Phi) is 16.6. The average Bonchev–Trinajstić information content (AvgIpc) is 2.52. The normalized spacial score (nSPS) is 10.0. The summed E-state index contributed by atoms with van der Waals surface area (Å²) in [5.41, 5.74) is 3.09. The van der Waals surface area contributed by atoms with Gasteiger partial charge in [0, 0.05) is 25.6 Å². The Labute approximate surface area is 146 Å². The second-order valence-electron chi connectivity index (χ2n) is 5.75. The van der Waals surface area contributed by atoms with Crippen molar-refractivity contribution < 1.29 is 9.59 Å². The Balaban J connectivity index is 3.41. The molecular formula is C19H33NO2S. The molecule has 0 radical (unpaired) electrons. The van der Waals surface area contributed by atoms with Crippen molar-refractivity contribution in [3.05, 3.63) is 17.9 Å². The number of carbonyl (C=O) groups excluding carboxylic acids is 2. The van der Waals surface area contributed by atoms with E-state index in [2.05, 4.69) is 18.0 Å². The maximum absolute atomic E-state index is 11.5. The zero-order valence-electron chi connectivity index (χ0n) is 14.9. The Morgan fingerprint density at radius 2 is 1.65 bits per heavy atom. The standard InChI is InChI=1S/C19H33NO2S/c1-3-4-5-6-7-8-9-10-11-12-13-14-15-19(22)23-17-16-20-18(2)21/h12,14H,3-11,15-17H2,1-2H3,(H,20,21). The summed E-state index contributed by atoms with van der Waals surface area (Å²) < 4.78 is 0. The van der Waals surface area contributed by atoms with Crippen molar-refractivity contribution in [3.63, 3.8) is 0 Å². The fraction of sp³-hybridized carbons (Fsp3) is 0.737. The van der Waals surface area contributed by atoms with Crippen molar-refractivity contribution in [2.45, 2.75) is 78.1 Å². The fourth-order valence-electron chi connectivity index (χ4n) is 2.14. The van der Waals surface area contributed by atoms with E-state index in [-0.39, 0.29) is 11.0 Å². The quantitative estimate of drug-likeness (QED) is 0.357. The molecule has 0 aromatic carbocycles. The van der Waals surface area contributed by atoms with Crippen LogP contribution in [0.2, 0.25) is 0 Å². The van der Waals surface area contributed by atoms with E-state index in [4.69, 9.17) is 0 Å². The van der Waals surface area contributed by atoms with E-state index in [1.165, 1.54) is 70.1 Å². The van der Waals surface area contributed by atoms with E-state index in [0.717, 1.165) is 6.42 Å². The predicted molar refractivity (Wildman–Crippen MR) is 101 cm³/mol. The van der Waals surface area contributed by atoms with Gasteiger partial charge in [-0.2, -0.15) is 0 Å². The van der Waals surface area contributed by atoms with Gasteiger partial charge >= 0.3 is 0 Å². The first-order valence-electron chi connectivity index (χ1n) is 8.96. The molecule has 0 saturated heterocycles. The van der Waals surface area contributed by atoms with Crippen molar-refractivity contribution in [2.24, 2.45) is 0 Å². The molecule has 0 aromatic heterocycles. The fourth-order valence-corrected chi connectivity index (χ4v) is 2.77. The van der Waals surface area contributed by atoms with Crippen molar-refractivity contribution in [2.75, 3.05) is 12.3 Å². The highest BCUT2D eigenvalue weighted by Crippen LogP contribution is 2.09. The van der Waals surface area contributed by atoms with Gasteiger partial charge in [0.05, 0.1) is 0 Å². The van der Waals surface area contributed by atoms with Crippen LogP contribution in [0.4, 0.5) is 0 Å². The molecule has 0 aliphatic rings. The molecule has 3 nitrogen and oxygen atoms in total. The van der Waals surface area contributed by atoms with Crippen molar-refractivity contribution in [1.29, 1.82) is 0 Å². The summed E-state index contributed by atoms with van der Waals surface area (Å²) in [6.07, 6.45) is 16.0. The molecule has 1 amide bonds. The molecule has 0 heterocycles. The van der Waals surface area contributed by atoms with E-state index in [9.17, 15) is 9.59 Å². The van der Waals surface area contributed by atoms with Crippen molar-refractivity contribution in [3.8, 4) is 0 Å². The monoisotopic (exact) mass is 339 g/mol. The predicted octanol–water partition coefficient (Wildman–Crippen LogP) is 5.01. The minimum Gasteiger partial charge on any atom is -0.356 e. The van der Waals surface area contributed by atoms with Crippen LogP contribution in [-0.4, -0.2) is 23.3 Å². The van der Waals surface area contributed by atoms with E-state index in [1.54, 1.807) is 6.08 Å². The summed E-state index contributed by atoms with van der Waals surface area (Å²) in [5, 5.41) is 2.80. The molecule has 0 spiro atoms. The molecule has 0 fully saturated rings. The highest BCUT2D eigenvalue weighted by atomic mass is 32.2. The lowest BCUT2D eigenvalue weighted by Crippen LogP contribution is -2.22. The highest BCUT2D eigenvalue weighted by molar-refractivity contribution is 8.13. The van der Waals surface area contributed by atoms with Crippen LogP contribution in [0.25, 0.3) is 0 Å². The first-order valence-corrected chi connectivity index (χ1v) is 9.94. The molecule has 132 valence electrons. The van der Waals surface area contributed by atoms with Gasteiger partial charge in [0.25, 0.3) is 0 Å². The minimum absolute atomic E-state index is 0.0539. The van der Waals surface area contributed by atoms with Gasteiger partial charge in [0.15, 0.2) is 5.12 Å². The molecule has 0 saturated carbocycles. The molecule has 0 aromatic rings. The summed E-state index contributed by atoms with van der Waals surface area (Å²) in [6.45, 7) is 4.27. The van der Waals surface area contributed by atoms with Gasteiger partial charge in [-0.1, -0.05) is 63.6 Å². The SMILES string of the molecule is CCCCCCCCCCC=C=CCC(=O)SCCNC(C)=O. The van der Waals surface area contributed by atoms with Crippen LogP contribution >= 0.6 is 11.8 Å². The van der Waals surface area contributed by atoms with Gasteiger partial charge in [0.2, 0.25) is 5.91 Å². The number of carbonyl (C=O) groups is 2. The number of rotatable bonds is 14. The lowest BCUT2D eigenvalue weighted by Gasteiger charge is -1.99. The topological polar surface area (TPSA) is 46.2 Å². The van der Waals surface area contributed by atoms with Crippen LogP contribution < -0.4 is 5.32 Å². The third-order valence-corrected chi connectivity index (χ3v) is 4.34. The van der Waals surface area contributed by atoms with Gasteiger partial charge in [-0.05, 0) is 25.0 Å². The number of allylic oxidation sites excluding steroid dienone is 1. The highest BCUT2D eigenvalue weighted by Gasteiger charge is 1.99. The van der Waals surface area contributed by atoms with E-state index >= 15 is 0 Å². The zero-order valence-corrected chi connectivity index (χ0v) is 15.7. The molecule has 0 atom stereocenters.